The van der Waals surface area contributed by atoms with Gasteiger partial charge in [-0.1, -0.05) is 38.0 Å². The van der Waals surface area contributed by atoms with Crippen LogP contribution in [0.5, 0.6) is 0 Å². The van der Waals surface area contributed by atoms with E-state index >= 15 is 0 Å². The number of carbonyl (C=O) groups is 4. The molecular formula is C22H37O8S3Sn. The number of ether oxygens (including phenoxy) is 4. The Hall–Kier alpha value is -1.05. The average molecular weight is 644 g/mol. The molecule has 3 radical (unpaired) electrons. The van der Waals surface area contributed by atoms with Crippen molar-refractivity contribution < 1.29 is 38.1 Å². The minimum atomic E-state index is -0.312. The number of carbonyl (C=O) groups excluding carboxylic acids is 4. The van der Waals surface area contributed by atoms with Gasteiger partial charge >= 0.3 is 93.2 Å². The van der Waals surface area contributed by atoms with Gasteiger partial charge in [-0.2, -0.15) is 37.9 Å². The standard InChI is InChI=1S/C7H13O2.3C5H8O2S.Sn/c1-3-5-6-9-7(8)4-2;3*1-2-3-7-5(6)4-8;/h2-6H2,1H3;3*2,8H,1,3-4H2;. The van der Waals surface area contributed by atoms with Gasteiger partial charge in [-0.15, -0.1) is 0 Å². The molecule has 195 valence electrons. The third-order valence-electron chi connectivity index (χ3n) is 2.56. The van der Waals surface area contributed by atoms with Gasteiger partial charge in [-0.25, -0.2) is 0 Å². The van der Waals surface area contributed by atoms with Crippen LogP contribution in [0.25, 0.3) is 0 Å². The van der Waals surface area contributed by atoms with Gasteiger partial charge in [0, 0.05) is 0 Å². The number of rotatable bonds is 14. The summed E-state index contributed by atoms with van der Waals surface area (Å²) in [5.74, 6) is -0.574. The zero-order valence-corrected chi connectivity index (χ0v) is 25.3. The van der Waals surface area contributed by atoms with Crippen molar-refractivity contribution in [2.45, 2.75) is 30.6 Å². The maximum atomic E-state index is 10.7. The molecule has 0 aromatic carbocycles. The van der Waals surface area contributed by atoms with E-state index in [4.69, 9.17) is 4.74 Å². The van der Waals surface area contributed by atoms with Crippen LogP contribution < -0.4 is 0 Å². The zero-order chi connectivity index (χ0) is 27.0. The Morgan fingerprint density at radius 1 is 0.706 bits per heavy atom. The molecule has 0 fully saturated rings. The molecule has 0 unspecified atom stereocenters. The summed E-state index contributed by atoms with van der Waals surface area (Å²) in [6.07, 6.45) is 7.22. The van der Waals surface area contributed by atoms with Crippen molar-refractivity contribution in [1.29, 1.82) is 0 Å². The Morgan fingerprint density at radius 2 is 1.06 bits per heavy atom. The Balaban J connectivity index is -0.000000177. The van der Waals surface area contributed by atoms with Crippen LogP contribution in [0.1, 0.15) is 26.2 Å². The summed E-state index contributed by atoms with van der Waals surface area (Å²) >= 11 is 12.4. The Bertz CT molecular complexity index is 503. The summed E-state index contributed by atoms with van der Waals surface area (Å²) in [5.41, 5.74) is 0. The Morgan fingerprint density at radius 3 is 1.29 bits per heavy atom. The van der Waals surface area contributed by atoms with Crippen LogP contribution >= 0.6 is 37.9 Å². The van der Waals surface area contributed by atoms with Crippen molar-refractivity contribution in [2.75, 3.05) is 43.7 Å². The summed E-state index contributed by atoms with van der Waals surface area (Å²) in [7, 11) is 0. The first-order chi connectivity index (χ1) is 16.2. The predicted molar refractivity (Wildman–Crippen MR) is 146 cm³/mol. The second kappa shape index (κ2) is 36.5. The molecule has 0 atom stereocenters. The first-order valence-corrected chi connectivity index (χ1v) is 14.1. The normalized spacial score (nSPS) is 8.50. The van der Waals surface area contributed by atoms with E-state index < -0.39 is 0 Å². The monoisotopic (exact) mass is 645 g/mol. The van der Waals surface area contributed by atoms with Gasteiger partial charge < -0.3 is 14.2 Å². The minimum absolute atomic E-state index is 0.0368. The van der Waals surface area contributed by atoms with Gasteiger partial charge in [0.15, 0.2) is 0 Å². The Labute approximate surface area is 233 Å². The predicted octanol–water partition coefficient (Wildman–Crippen LogP) is 3.24. The van der Waals surface area contributed by atoms with Crippen LogP contribution in [-0.4, -0.2) is 90.1 Å². The van der Waals surface area contributed by atoms with Crippen LogP contribution in [0.3, 0.4) is 0 Å². The fourth-order valence-corrected chi connectivity index (χ4v) is 1.95. The number of hydrogen-bond donors (Lipinski definition) is 3. The SMILES string of the molecule is C=CCOC(=O)CS.C=CCOC(=O)CS.C=CCOC(=O)CS.CCCCOC(=O)C[CH2][Sn]. The molecule has 0 bridgehead atoms. The second-order valence-electron chi connectivity index (χ2n) is 5.46. The molecule has 0 aliphatic carbocycles. The first-order valence-electron chi connectivity index (χ1n) is 10.2. The fourth-order valence-electron chi connectivity index (χ4n) is 1.10. The van der Waals surface area contributed by atoms with Crippen molar-refractivity contribution in [2.24, 2.45) is 0 Å². The average Bonchev–Trinajstić information content (AvgIpc) is 2.85. The van der Waals surface area contributed by atoms with Crippen molar-refractivity contribution in [3.05, 3.63) is 38.0 Å². The van der Waals surface area contributed by atoms with Crippen LogP contribution in [0.2, 0.25) is 4.44 Å². The Kier molecular flexibility index (Phi) is 43.1. The molecule has 0 amide bonds. The van der Waals surface area contributed by atoms with Gasteiger partial charge in [0.25, 0.3) is 0 Å². The summed E-state index contributed by atoms with van der Waals surface area (Å²) in [6.45, 7) is 13.6. The van der Waals surface area contributed by atoms with E-state index in [1.165, 1.54) is 40.8 Å². The molecule has 0 spiro atoms. The van der Waals surface area contributed by atoms with Gasteiger partial charge in [-0.05, 0) is 0 Å². The molecule has 0 N–H and O–H groups in total. The summed E-state index contributed by atoms with van der Waals surface area (Å²) in [4.78, 5) is 41.4. The van der Waals surface area contributed by atoms with Crippen LogP contribution in [-0.2, 0) is 38.1 Å². The summed E-state index contributed by atoms with van der Waals surface area (Å²) < 4.78 is 19.4. The molecule has 0 aliphatic rings. The first kappa shape index (κ1) is 40.1. The number of hydrogen-bond acceptors (Lipinski definition) is 11. The third-order valence-corrected chi connectivity index (χ3v) is 4.05. The van der Waals surface area contributed by atoms with E-state index in [1.54, 1.807) is 0 Å². The number of thiol groups is 3. The maximum absolute atomic E-state index is 10.7. The van der Waals surface area contributed by atoms with E-state index in [-0.39, 0.29) is 61.0 Å². The molecule has 0 aliphatic heterocycles. The van der Waals surface area contributed by atoms with Crippen molar-refractivity contribution in [1.82, 2.24) is 0 Å². The van der Waals surface area contributed by atoms with Crippen LogP contribution in [0.4, 0.5) is 0 Å². The molecule has 34 heavy (non-hydrogen) atoms. The van der Waals surface area contributed by atoms with Gasteiger partial charge in [-0.3, -0.25) is 14.4 Å². The topological polar surface area (TPSA) is 105 Å². The van der Waals surface area contributed by atoms with Crippen molar-refractivity contribution in [3.8, 4) is 0 Å². The number of unbranched alkanes of at least 4 members (excludes halogenated alkanes) is 1. The fraction of sp³-hybridized carbons (Fsp3) is 0.545. The third kappa shape index (κ3) is 44.6. The molecule has 0 saturated heterocycles. The van der Waals surface area contributed by atoms with E-state index in [9.17, 15) is 19.2 Å². The summed E-state index contributed by atoms with van der Waals surface area (Å²) in [5, 5.41) is 0. The molecule has 0 rings (SSSR count). The van der Waals surface area contributed by atoms with E-state index in [1.807, 2.05) is 0 Å². The molecule has 0 aromatic heterocycles. The van der Waals surface area contributed by atoms with Gasteiger partial charge in [0.2, 0.25) is 0 Å². The molecule has 8 nitrogen and oxygen atoms in total. The van der Waals surface area contributed by atoms with E-state index in [0.717, 1.165) is 17.3 Å². The number of esters is 4. The van der Waals surface area contributed by atoms with Crippen molar-refractivity contribution >= 4 is 84.3 Å². The zero-order valence-electron chi connectivity index (χ0n) is 19.7. The van der Waals surface area contributed by atoms with Crippen LogP contribution in [0.15, 0.2) is 38.0 Å². The van der Waals surface area contributed by atoms with Gasteiger partial charge in [0.05, 0.1) is 17.3 Å². The van der Waals surface area contributed by atoms with Crippen LogP contribution in [0, 0.1) is 0 Å². The summed E-state index contributed by atoms with van der Waals surface area (Å²) in [6, 6.07) is 0. The van der Waals surface area contributed by atoms with Gasteiger partial charge in [0.1, 0.15) is 19.8 Å². The second-order valence-corrected chi connectivity index (χ2v) is 7.84. The molecule has 0 aromatic rings. The molecule has 0 saturated carbocycles. The van der Waals surface area contributed by atoms with E-state index in [2.05, 4.69) is 78.8 Å². The molecule has 12 heteroatoms. The molecule has 0 heterocycles. The quantitative estimate of drug-likeness (QED) is 0.0662. The van der Waals surface area contributed by atoms with E-state index in [0.29, 0.717) is 13.0 Å². The molecular weight excluding hydrogens is 607 g/mol. The van der Waals surface area contributed by atoms with Crippen molar-refractivity contribution in [3.63, 3.8) is 0 Å².